The molecule has 7 nitrogen and oxygen atoms in total. The normalized spacial score (nSPS) is 15.3. The van der Waals surface area contributed by atoms with Crippen LogP contribution in [0.25, 0.3) is 0 Å². The highest BCUT2D eigenvalue weighted by atomic mass is 32.2. The highest BCUT2D eigenvalue weighted by Crippen LogP contribution is 2.43. The summed E-state index contributed by atoms with van der Waals surface area (Å²) in [7, 11) is -2.58. The Morgan fingerprint density at radius 1 is 1.17 bits per heavy atom. The smallest absolute Gasteiger partial charge is 0.290 e. The largest absolute Gasteiger partial charge is 0.344 e. The zero-order valence-electron chi connectivity index (χ0n) is 20.3. The van der Waals surface area contributed by atoms with Crippen LogP contribution in [0.4, 0.5) is 13.2 Å². The Bertz CT molecular complexity index is 1460. The number of hydrogen-bond acceptors (Lipinski definition) is 6. The van der Waals surface area contributed by atoms with Crippen molar-refractivity contribution in [2.24, 2.45) is 4.36 Å². The van der Waals surface area contributed by atoms with Crippen molar-refractivity contribution in [3.8, 4) is 0 Å². The molecule has 1 unspecified atom stereocenters. The summed E-state index contributed by atoms with van der Waals surface area (Å²) >= 11 is 0. The van der Waals surface area contributed by atoms with Crippen molar-refractivity contribution >= 4 is 15.6 Å². The molecule has 36 heavy (non-hydrogen) atoms. The first-order chi connectivity index (χ1) is 17.0. The number of aromatic nitrogens is 3. The van der Waals surface area contributed by atoms with E-state index < -0.39 is 44.6 Å². The molecule has 2 aromatic carbocycles. The number of nitrogens with one attached hydrogen (secondary N) is 1. The highest BCUT2D eigenvalue weighted by molar-refractivity contribution is 7.93. The minimum Gasteiger partial charge on any atom is -0.344 e. The first-order valence-electron chi connectivity index (χ1n) is 11.4. The summed E-state index contributed by atoms with van der Waals surface area (Å²) in [6, 6.07) is 9.01. The second-order valence-corrected chi connectivity index (χ2v) is 11.1. The molecule has 1 aliphatic rings. The SMILES string of the molecule is CN=S(=O)(c1cccc(C2CC2)c1F)c1nnc(C)nc1C(=O)NCC(F)(F)c1ccc(C)cc1C. The Morgan fingerprint density at radius 3 is 2.53 bits per heavy atom. The molecule has 1 heterocycles. The predicted octanol–water partition coefficient (Wildman–Crippen LogP) is 4.85. The second-order valence-electron chi connectivity index (χ2n) is 8.86. The van der Waals surface area contributed by atoms with Gasteiger partial charge in [-0.05, 0) is 56.7 Å². The number of hydrogen-bond donors (Lipinski definition) is 1. The highest BCUT2D eigenvalue weighted by Gasteiger charge is 2.36. The average Bonchev–Trinajstić information content (AvgIpc) is 3.67. The van der Waals surface area contributed by atoms with Gasteiger partial charge in [0.1, 0.15) is 21.4 Å². The van der Waals surface area contributed by atoms with E-state index in [0.717, 1.165) is 18.4 Å². The van der Waals surface area contributed by atoms with Crippen LogP contribution in [0.3, 0.4) is 0 Å². The number of carbonyl (C=O) groups excluding carboxylic acids is 1. The number of amides is 1. The minimum absolute atomic E-state index is 0.0305. The van der Waals surface area contributed by atoms with E-state index in [4.69, 9.17) is 0 Å². The molecule has 1 amide bonds. The van der Waals surface area contributed by atoms with Gasteiger partial charge in [-0.2, -0.15) is 8.78 Å². The third kappa shape index (κ3) is 4.84. The first-order valence-corrected chi connectivity index (χ1v) is 12.9. The van der Waals surface area contributed by atoms with Gasteiger partial charge < -0.3 is 5.32 Å². The van der Waals surface area contributed by atoms with Crippen LogP contribution in [-0.2, 0) is 15.7 Å². The number of nitrogens with zero attached hydrogens (tertiary/aromatic N) is 4. The van der Waals surface area contributed by atoms with Crippen molar-refractivity contribution in [1.82, 2.24) is 20.5 Å². The Balaban J connectivity index is 1.70. The number of carbonyl (C=O) groups is 1. The lowest BCUT2D eigenvalue weighted by Gasteiger charge is -2.20. The molecule has 0 radical (unpaired) electrons. The summed E-state index contributed by atoms with van der Waals surface area (Å²) in [6.45, 7) is 3.77. The molecule has 1 aromatic heterocycles. The van der Waals surface area contributed by atoms with E-state index in [2.05, 4.69) is 24.9 Å². The summed E-state index contributed by atoms with van der Waals surface area (Å²) < 4.78 is 63.3. The molecule has 0 spiro atoms. The summed E-state index contributed by atoms with van der Waals surface area (Å²) in [5.41, 5.74) is 0.909. The molecule has 1 aliphatic carbocycles. The van der Waals surface area contributed by atoms with Gasteiger partial charge in [-0.25, -0.2) is 17.9 Å². The summed E-state index contributed by atoms with van der Waals surface area (Å²) in [6.07, 6.45) is 1.64. The van der Waals surface area contributed by atoms with Crippen molar-refractivity contribution in [3.05, 3.63) is 76.0 Å². The van der Waals surface area contributed by atoms with E-state index in [9.17, 15) is 17.8 Å². The fraction of sp³-hybridized carbons (Fsp3) is 0.360. The third-order valence-corrected chi connectivity index (χ3v) is 8.28. The number of alkyl halides is 2. The van der Waals surface area contributed by atoms with Gasteiger partial charge in [0.25, 0.3) is 11.8 Å². The lowest BCUT2D eigenvalue weighted by molar-refractivity contribution is -0.00316. The Morgan fingerprint density at radius 2 is 1.89 bits per heavy atom. The van der Waals surface area contributed by atoms with Crippen molar-refractivity contribution in [3.63, 3.8) is 0 Å². The molecular weight excluding hydrogens is 491 g/mol. The number of rotatable bonds is 7. The minimum atomic E-state index is -3.79. The first kappa shape index (κ1) is 25.7. The van der Waals surface area contributed by atoms with Crippen LogP contribution in [0.1, 0.15) is 57.3 Å². The van der Waals surface area contributed by atoms with Crippen LogP contribution in [-0.4, -0.2) is 38.9 Å². The lowest BCUT2D eigenvalue weighted by Crippen LogP contribution is -2.37. The van der Waals surface area contributed by atoms with E-state index >= 15 is 4.39 Å². The molecule has 1 N–H and O–H groups in total. The zero-order chi connectivity index (χ0) is 26.3. The van der Waals surface area contributed by atoms with Crippen LogP contribution in [0, 0.1) is 26.6 Å². The monoisotopic (exact) mass is 517 g/mol. The van der Waals surface area contributed by atoms with E-state index in [1.807, 2.05) is 0 Å². The van der Waals surface area contributed by atoms with Gasteiger partial charge in [-0.15, -0.1) is 10.2 Å². The maximum absolute atomic E-state index is 15.4. The molecule has 190 valence electrons. The van der Waals surface area contributed by atoms with Gasteiger partial charge in [-0.3, -0.25) is 4.79 Å². The fourth-order valence-electron chi connectivity index (χ4n) is 4.07. The molecular formula is C25H26F3N5O2S. The Labute approximate surface area is 207 Å². The molecule has 1 atom stereocenters. The van der Waals surface area contributed by atoms with E-state index in [-0.39, 0.29) is 22.2 Å². The molecule has 1 saturated carbocycles. The fourth-order valence-corrected chi connectivity index (χ4v) is 5.82. The van der Waals surface area contributed by atoms with Crippen LogP contribution >= 0.6 is 0 Å². The molecule has 3 aromatic rings. The summed E-state index contributed by atoms with van der Waals surface area (Å²) in [5.74, 6) is -5.03. The maximum Gasteiger partial charge on any atom is 0.290 e. The van der Waals surface area contributed by atoms with Gasteiger partial charge in [0.2, 0.25) is 0 Å². The third-order valence-electron chi connectivity index (χ3n) is 6.05. The van der Waals surface area contributed by atoms with Gasteiger partial charge in [0, 0.05) is 12.6 Å². The van der Waals surface area contributed by atoms with E-state index in [1.54, 1.807) is 38.1 Å². The predicted molar refractivity (Wildman–Crippen MR) is 128 cm³/mol. The lowest BCUT2D eigenvalue weighted by atomic mass is 10.0. The van der Waals surface area contributed by atoms with Crippen molar-refractivity contribution in [2.45, 2.75) is 55.4 Å². The molecule has 1 fully saturated rings. The van der Waals surface area contributed by atoms with Crippen LogP contribution in [0.15, 0.2) is 50.7 Å². The number of halogens is 3. The second kappa shape index (κ2) is 9.61. The van der Waals surface area contributed by atoms with E-state index in [0.29, 0.717) is 11.1 Å². The number of benzene rings is 2. The molecule has 0 aliphatic heterocycles. The standard InChI is InChI=1S/C25H26F3N5O2S/c1-14-8-11-19(15(2)12-14)25(27,28)13-30-23(34)22-24(33-32-16(3)31-22)36(35,29-4)20-7-5-6-18(21(20)26)17-9-10-17/h5-8,11-12,17H,9-10,13H2,1-4H3,(H,30,34). The van der Waals surface area contributed by atoms with Gasteiger partial charge in [0.15, 0.2) is 10.7 Å². The van der Waals surface area contributed by atoms with Gasteiger partial charge in [-0.1, -0.05) is 35.9 Å². The van der Waals surface area contributed by atoms with Gasteiger partial charge in [0.05, 0.1) is 11.4 Å². The maximum atomic E-state index is 15.4. The molecule has 4 rings (SSSR count). The molecule has 11 heteroatoms. The topological polar surface area (TPSA) is 97.2 Å². The van der Waals surface area contributed by atoms with Crippen LogP contribution in [0.5, 0.6) is 0 Å². The van der Waals surface area contributed by atoms with Gasteiger partial charge >= 0.3 is 0 Å². The summed E-state index contributed by atoms with van der Waals surface area (Å²) in [5, 5.41) is 9.36. The molecule has 0 saturated heterocycles. The number of aryl methyl sites for hydroxylation is 3. The quantitative estimate of drug-likeness (QED) is 0.483. The Kier molecular flexibility index (Phi) is 6.87. The van der Waals surface area contributed by atoms with E-state index in [1.165, 1.54) is 26.1 Å². The van der Waals surface area contributed by atoms with Crippen molar-refractivity contribution in [2.75, 3.05) is 13.6 Å². The molecule has 0 bridgehead atoms. The van der Waals surface area contributed by atoms with Crippen LogP contribution in [0.2, 0.25) is 0 Å². The zero-order valence-corrected chi connectivity index (χ0v) is 21.1. The van der Waals surface area contributed by atoms with Crippen molar-refractivity contribution in [1.29, 1.82) is 0 Å². The van der Waals surface area contributed by atoms with Crippen molar-refractivity contribution < 1.29 is 22.2 Å². The summed E-state index contributed by atoms with van der Waals surface area (Å²) in [4.78, 5) is 16.8. The average molecular weight is 518 g/mol. The van der Waals surface area contributed by atoms with Crippen LogP contribution < -0.4 is 5.32 Å². The Hall–Kier alpha value is -3.34.